The van der Waals surface area contributed by atoms with Crippen LogP contribution in [0, 0.1) is 5.92 Å². The van der Waals surface area contributed by atoms with E-state index >= 15 is 0 Å². The lowest BCUT2D eigenvalue weighted by molar-refractivity contribution is -0.150. The van der Waals surface area contributed by atoms with E-state index in [1.54, 1.807) is 0 Å². The fraction of sp³-hybridized carbons (Fsp3) is 0.727. The van der Waals surface area contributed by atoms with Crippen molar-refractivity contribution in [3.8, 4) is 0 Å². The van der Waals surface area contributed by atoms with E-state index in [0.717, 1.165) is 12.2 Å². The van der Waals surface area contributed by atoms with Crippen LogP contribution in [0.2, 0.25) is 0 Å². The van der Waals surface area contributed by atoms with Crippen molar-refractivity contribution in [3.05, 3.63) is 11.7 Å². The molecule has 0 bridgehead atoms. The van der Waals surface area contributed by atoms with Gasteiger partial charge in [-0.05, 0) is 25.2 Å². The number of rotatable bonds is 3. The van der Waals surface area contributed by atoms with Gasteiger partial charge in [-0.1, -0.05) is 12.1 Å². The summed E-state index contributed by atoms with van der Waals surface area (Å²) in [6, 6.07) is 0. The van der Waals surface area contributed by atoms with E-state index in [0.29, 0.717) is 30.6 Å². The molecule has 1 aromatic rings. The molecule has 4 atom stereocenters. The number of carboxylic acid groups (broad SMARTS) is 1. The fourth-order valence-electron chi connectivity index (χ4n) is 2.21. The van der Waals surface area contributed by atoms with Gasteiger partial charge < -0.3 is 14.4 Å². The molecule has 0 amide bonds. The summed E-state index contributed by atoms with van der Waals surface area (Å²) in [6.07, 6.45) is 1.13. The first-order chi connectivity index (χ1) is 8.15. The van der Waals surface area contributed by atoms with Crippen LogP contribution in [0.25, 0.3) is 0 Å². The highest BCUT2D eigenvalue weighted by Crippen LogP contribution is 2.46. The Morgan fingerprint density at radius 2 is 2.24 bits per heavy atom. The monoisotopic (exact) mass is 238 g/mol. The molecule has 1 aliphatic carbocycles. The highest BCUT2D eigenvalue weighted by Gasteiger charge is 2.40. The first kappa shape index (κ1) is 10.7. The standard InChI is InChI=1S/C11H14N2O4/c1-5-4-6(5)9-12-10(17-13-9)7-2-3-8(16-7)11(14)15/h5-8H,2-4H2,1H3,(H,14,15). The summed E-state index contributed by atoms with van der Waals surface area (Å²) >= 11 is 0. The topological polar surface area (TPSA) is 85.5 Å². The van der Waals surface area contributed by atoms with Crippen LogP contribution in [0.3, 0.4) is 0 Å². The number of ether oxygens (including phenoxy) is 1. The van der Waals surface area contributed by atoms with Crippen molar-refractivity contribution in [2.75, 3.05) is 0 Å². The minimum absolute atomic E-state index is 0.355. The maximum absolute atomic E-state index is 10.8. The first-order valence-electron chi connectivity index (χ1n) is 5.87. The molecular weight excluding hydrogens is 224 g/mol. The second kappa shape index (κ2) is 3.80. The minimum Gasteiger partial charge on any atom is -0.479 e. The number of carboxylic acids is 1. The van der Waals surface area contributed by atoms with E-state index < -0.39 is 12.1 Å². The number of nitrogens with zero attached hydrogens (tertiary/aromatic N) is 2. The summed E-state index contributed by atoms with van der Waals surface area (Å²) in [5.74, 6) is 1.25. The van der Waals surface area contributed by atoms with Gasteiger partial charge in [-0.15, -0.1) is 0 Å². The Bertz CT molecular complexity index is 444. The summed E-state index contributed by atoms with van der Waals surface area (Å²) in [4.78, 5) is 15.1. The molecule has 2 heterocycles. The number of aromatic nitrogens is 2. The second-order valence-electron chi connectivity index (χ2n) is 4.84. The normalized spacial score (nSPS) is 36.1. The summed E-state index contributed by atoms with van der Waals surface area (Å²) in [7, 11) is 0. The summed E-state index contributed by atoms with van der Waals surface area (Å²) in [5.41, 5.74) is 0. The highest BCUT2D eigenvalue weighted by atomic mass is 16.5. The highest BCUT2D eigenvalue weighted by molar-refractivity contribution is 5.72. The quantitative estimate of drug-likeness (QED) is 0.858. The Labute approximate surface area is 98.0 Å². The van der Waals surface area contributed by atoms with Crippen LogP contribution in [0.5, 0.6) is 0 Å². The third-order valence-corrected chi connectivity index (χ3v) is 3.47. The SMILES string of the molecule is CC1CC1c1noc(C2CCC(C(=O)O)O2)n1. The maximum Gasteiger partial charge on any atom is 0.332 e. The van der Waals surface area contributed by atoms with Crippen molar-refractivity contribution in [1.82, 2.24) is 10.1 Å². The largest absolute Gasteiger partial charge is 0.479 e. The molecule has 0 radical (unpaired) electrons. The van der Waals surface area contributed by atoms with Gasteiger partial charge in [0.25, 0.3) is 5.89 Å². The van der Waals surface area contributed by atoms with Gasteiger partial charge in [0.1, 0.15) is 6.10 Å². The molecule has 92 valence electrons. The van der Waals surface area contributed by atoms with Crippen LogP contribution in [0.4, 0.5) is 0 Å². The van der Waals surface area contributed by atoms with Crippen LogP contribution in [-0.2, 0) is 9.53 Å². The van der Waals surface area contributed by atoms with E-state index in [4.69, 9.17) is 14.4 Å². The Morgan fingerprint density at radius 3 is 2.82 bits per heavy atom. The smallest absolute Gasteiger partial charge is 0.332 e. The van der Waals surface area contributed by atoms with Crippen molar-refractivity contribution in [2.45, 2.75) is 44.3 Å². The minimum atomic E-state index is -0.928. The fourth-order valence-corrected chi connectivity index (χ4v) is 2.21. The number of carbonyl (C=O) groups is 1. The molecule has 2 aliphatic rings. The lowest BCUT2D eigenvalue weighted by atomic mass is 10.2. The van der Waals surface area contributed by atoms with Crippen molar-refractivity contribution >= 4 is 5.97 Å². The Hall–Kier alpha value is -1.43. The van der Waals surface area contributed by atoms with E-state index in [-0.39, 0.29) is 6.10 Å². The molecule has 2 fully saturated rings. The molecule has 1 saturated heterocycles. The third-order valence-electron chi connectivity index (χ3n) is 3.47. The number of aliphatic carboxylic acids is 1. The average molecular weight is 238 g/mol. The van der Waals surface area contributed by atoms with Gasteiger partial charge in [-0.3, -0.25) is 0 Å². The zero-order chi connectivity index (χ0) is 12.0. The molecule has 4 unspecified atom stereocenters. The average Bonchev–Trinajstić information content (AvgIpc) is 2.78. The Morgan fingerprint density at radius 1 is 1.47 bits per heavy atom. The molecule has 17 heavy (non-hydrogen) atoms. The zero-order valence-corrected chi connectivity index (χ0v) is 9.50. The van der Waals surface area contributed by atoms with E-state index in [1.807, 2.05) is 0 Å². The molecule has 6 heteroatoms. The van der Waals surface area contributed by atoms with Crippen molar-refractivity contribution in [1.29, 1.82) is 0 Å². The molecule has 1 saturated carbocycles. The summed E-state index contributed by atoms with van der Waals surface area (Å²) in [6.45, 7) is 2.15. The van der Waals surface area contributed by atoms with Crippen LogP contribution in [0.15, 0.2) is 4.52 Å². The van der Waals surface area contributed by atoms with Crippen molar-refractivity contribution in [3.63, 3.8) is 0 Å². The maximum atomic E-state index is 10.8. The molecule has 6 nitrogen and oxygen atoms in total. The lowest BCUT2D eigenvalue weighted by Gasteiger charge is -2.05. The Kier molecular flexibility index (Phi) is 2.39. The summed E-state index contributed by atoms with van der Waals surface area (Å²) < 4.78 is 10.5. The predicted molar refractivity (Wildman–Crippen MR) is 55.3 cm³/mol. The Balaban J connectivity index is 1.69. The van der Waals surface area contributed by atoms with Gasteiger partial charge >= 0.3 is 5.97 Å². The van der Waals surface area contributed by atoms with Crippen molar-refractivity contribution in [2.24, 2.45) is 5.92 Å². The van der Waals surface area contributed by atoms with E-state index in [9.17, 15) is 4.79 Å². The van der Waals surface area contributed by atoms with Crippen molar-refractivity contribution < 1.29 is 19.2 Å². The van der Waals surface area contributed by atoms with E-state index in [1.165, 1.54) is 0 Å². The van der Waals surface area contributed by atoms with Gasteiger partial charge in [0.15, 0.2) is 11.9 Å². The van der Waals surface area contributed by atoms with Crippen LogP contribution in [-0.4, -0.2) is 27.3 Å². The molecule has 0 spiro atoms. The molecular formula is C11H14N2O4. The number of hydrogen-bond acceptors (Lipinski definition) is 5. The van der Waals surface area contributed by atoms with Gasteiger partial charge in [0.05, 0.1) is 0 Å². The number of hydrogen-bond donors (Lipinski definition) is 1. The van der Waals surface area contributed by atoms with Crippen LogP contribution in [0.1, 0.15) is 49.9 Å². The first-order valence-corrected chi connectivity index (χ1v) is 5.87. The van der Waals surface area contributed by atoms with Crippen LogP contribution < -0.4 is 0 Å². The molecule has 1 aromatic heterocycles. The molecule has 1 aliphatic heterocycles. The third kappa shape index (κ3) is 1.93. The molecule has 3 rings (SSSR count). The zero-order valence-electron chi connectivity index (χ0n) is 9.50. The molecule has 1 N–H and O–H groups in total. The summed E-state index contributed by atoms with van der Waals surface area (Å²) in [5, 5.41) is 12.8. The second-order valence-corrected chi connectivity index (χ2v) is 4.84. The predicted octanol–water partition coefficient (Wildman–Crippen LogP) is 1.50. The van der Waals surface area contributed by atoms with Gasteiger partial charge in [0.2, 0.25) is 0 Å². The van der Waals surface area contributed by atoms with E-state index in [2.05, 4.69) is 17.1 Å². The van der Waals surface area contributed by atoms with Crippen LogP contribution >= 0.6 is 0 Å². The van der Waals surface area contributed by atoms with Gasteiger partial charge in [-0.25, -0.2) is 4.79 Å². The van der Waals surface area contributed by atoms with Gasteiger partial charge in [-0.2, -0.15) is 4.98 Å². The van der Waals surface area contributed by atoms with Gasteiger partial charge in [0, 0.05) is 5.92 Å². The molecule has 0 aromatic carbocycles. The lowest BCUT2D eigenvalue weighted by Crippen LogP contribution is -2.18.